The first-order valence-electron chi connectivity index (χ1n) is 5.25. The lowest BCUT2D eigenvalue weighted by atomic mass is 10.3. The van der Waals surface area contributed by atoms with E-state index in [0.717, 1.165) is 0 Å². The molecule has 18 heavy (non-hydrogen) atoms. The van der Waals surface area contributed by atoms with Gasteiger partial charge in [0.2, 0.25) is 0 Å². The molecule has 0 unspecified atom stereocenters. The number of hydrogen-bond donors (Lipinski definition) is 1. The van der Waals surface area contributed by atoms with Gasteiger partial charge in [0.25, 0.3) is 0 Å². The maximum absolute atomic E-state index is 12.8. The summed E-state index contributed by atoms with van der Waals surface area (Å²) in [6.07, 6.45) is 0. The second-order valence-corrected chi connectivity index (χ2v) is 3.28. The summed E-state index contributed by atoms with van der Waals surface area (Å²) in [6.45, 7) is -2.49. The zero-order valence-electron chi connectivity index (χ0n) is 9.57. The Morgan fingerprint density at radius 1 is 1.11 bits per heavy atom. The number of hydrogen-bond acceptors (Lipinski definition) is 4. The van der Waals surface area contributed by atoms with Crippen molar-refractivity contribution < 1.29 is 27.4 Å². The third kappa shape index (κ3) is 5.74. The van der Waals surface area contributed by atoms with E-state index in [1.807, 2.05) is 0 Å². The van der Waals surface area contributed by atoms with Crippen LogP contribution in [0.3, 0.4) is 0 Å². The quantitative estimate of drug-likeness (QED) is 0.577. The number of anilines is 1. The molecule has 2 N–H and O–H groups in total. The Labute approximate surface area is 102 Å². The van der Waals surface area contributed by atoms with Crippen LogP contribution < -0.4 is 10.5 Å². The fourth-order valence-electron chi connectivity index (χ4n) is 1.13. The first-order valence-corrected chi connectivity index (χ1v) is 5.25. The molecule has 0 bridgehead atoms. The summed E-state index contributed by atoms with van der Waals surface area (Å²) in [5.74, 6) is -0.0934. The summed E-state index contributed by atoms with van der Waals surface area (Å²) in [4.78, 5) is 0. The number of nitrogen functional groups attached to an aromatic ring is 1. The molecule has 102 valence electrons. The Morgan fingerprint density at radius 2 is 1.83 bits per heavy atom. The molecule has 0 aliphatic rings. The molecule has 1 rings (SSSR count). The minimum absolute atomic E-state index is 0.00116. The molecular weight excluding hydrogens is 251 g/mol. The molecule has 0 heterocycles. The third-order valence-electron chi connectivity index (χ3n) is 1.94. The van der Waals surface area contributed by atoms with Gasteiger partial charge in [-0.3, -0.25) is 0 Å². The maximum Gasteiger partial charge on any atom is 0.345 e. The Balaban J connectivity index is 2.09. The van der Waals surface area contributed by atoms with Crippen molar-refractivity contribution in [1.29, 1.82) is 0 Å². The van der Waals surface area contributed by atoms with E-state index in [1.54, 1.807) is 0 Å². The van der Waals surface area contributed by atoms with Crippen molar-refractivity contribution in [3.05, 3.63) is 24.0 Å². The van der Waals surface area contributed by atoms with Crippen LogP contribution in [0.25, 0.3) is 0 Å². The minimum Gasteiger partial charge on any atom is -0.491 e. The summed E-state index contributed by atoms with van der Waals surface area (Å²) >= 11 is 0. The number of alkyl halides is 2. The van der Waals surface area contributed by atoms with E-state index in [0.29, 0.717) is 5.75 Å². The van der Waals surface area contributed by atoms with Gasteiger partial charge in [0.05, 0.1) is 25.5 Å². The normalized spacial score (nSPS) is 10.9. The molecule has 4 nitrogen and oxygen atoms in total. The van der Waals surface area contributed by atoms with Gasteiger partial charge in [-0.05, 0) is 12.1 Å². The van der Waals surface area contributed by atoms with Gasteiger partial charge >= 0.3 is 6.61 Å². The minimum atomic E-state index is -2.79. The first kappa shape index (κ1) is 14.6. The van der Waals surface area contributed by atoms with Crippen molar-refractivity contribution in [3.8, 4) is 5.75 Å². The molecule has 0 aliphatic heterocycles. The van der Waals surface area contributed by atoms with Gasteiger partial charge in [-0.15, -0.1) is 0 Å². The van der Waals surface area contributed by atoms with Crippen molar-refractivity contribution in [2.24, 2.45) is 0 Å². The molecule has 0 atom stereocenters. The lowest BCUT2D eigenvalue weighted by molar-refractivity contribution is -0.139. The van der Waals surface area contributed by atoms with Crippen LogP contribution in [-0.4, -0.2) is 33.0 Å². The summed E-state index contributed by atoms with van der Waals surface area (Å²) in [5, 5.41) is 0. The maximum atomic E-state index is 12.8. The summed E-state index contributed by atoms with van der Waals surface area (Å²) in [6, 6.07) is 3.99. The van der Waals surface area contributed by atoms with Crippen LogP contribution in [0.15, 0.2) is 18.2 Å². The van der Waals surface area contributed by atoms with E-state index in [9.17, 15) is 13.2 Å². The SMILES string of the molecule is Nc1cc(OCCOCCOC(F)F)ccc1F. The Hall–Kier alpha value is -1.47. The molecule has 0 fully saturated rings. The molecule has 1 aromatic carbocycles. The molecule has 0 aromatic heterocycles. The average molecular weight is 265 g/mol. The summed E-state index contributed by atoms with van der Waals surface area (Å²) in [7, 11) is 0. The zero-order valence-corrected chi connectivity index (χ0v) is 9.57. The van der Waals surface area contributed by atoms with Crippen molar-refractivity contribution in [2.75, 3.05) is 32.2 Å². The predicted molar refractivity (Wildman–Crippen MR) is 59.1 cm³/mol. The van der Waals surface area contributed by atoms with E-state index in [1.165, 1.54) is 18.2 Å². The molecule has 0 aliphatic carbocycles. The van der Waals surface area contributed by atoms with Gasteiger partial charge in [0, 0.05) is 6.07 Å². The van der Waals surface area contributed by atoms with Gasteiger partial charge < -0.3 is 19.9 Å². The van der Waals surface area contributed by atoms with Crippen molar-refractivity contribution in [1.82, 2.24) is 0 Å². The van der Waals surface area contributed by atoms with Crippen LogP contribution in [0.5, 0.6) is 5.75 Å². The molecule has 0 saturated carbocycles. The van der Waals surface area contributed by atoms with E-state index >= 15 is 0 Å². The summed E-state index contributed by atoms with van der Waals surface area (Å²) in [5.41, 5.74) is 5.34. The van der Waals surface area contributed by atoms with E-state index in [2.05, 4.69) is 4.74 Å². The van der Waals surface area contributed by atoms with Gasteiger partial charge in [-0.1, -0.05) is 0 Å². The third-order valence-corrected chi connectivity index (χ3v) is 1.94. The predicted octanol–water partition coefficient (Wildman–Crippen LogP) is 2.04. The van der Waals surface area contributed by atoms with Crippen LogP contribution in [0, 0.1) is 5.82 Å². The van der Waals surface area contributed by atoms with Crippen LogP contribution in [-0.2, 0) is 9.47 Å². The Morgan fingerprint density at radius 3 is 2.50 bits per heavy atom. The second kappa shape index (κ2) is 7.78. The highest BCUT2D eigenvalue weighted by molar-refractivity contribution is 5.45. The first-order chi connectivity index (χ1) is 8.59. The average Bonchev–Trinajstić information content (AvgIpc) is 2.32. The number of rotatable bonds is 8. The standard InChI is InChI=1S/C11H14F3NO3/c12-9-2-1-8(7-10(9)15)17-5-3-16-4-6-18-11(13)14/h1-2,7,11H,3-6,15H2. The Kier molecular flexibility index (Phi) is 6.31. The molecule has 0 radical (unpaired) electrons. The lowest BCUT2D eigenvalue weighted by Gasteiger charge is -2.08. The summed E-state index contributed by atoms with van der Waals surface area (Å²) < 4.78 is 50.1. The van der Waals surface area contributed by atoms with Crippen molar-refractivity contribution in [2.45, 2.75) is 6.61 Å². The number of ether oxygens (including phenoxy) is 3. The van der Waals surface area contributed by atoms with Crippen molar-refractivity contribution in [3.63, 3.8) is 0 Å². The molecule has 0 amide bonds. The number of halogens is 3. The fraction of sp³-hybridized carbons (Fsp3) is 0.455. The fourth-order valence-corrected chi connectivity index (χ4v) is 1.13. The van der Waals surface area contributed by atoms with Crippen LogP contribution in [0.4, 0.5) is 18.9 Å². The van der Waals surface area contributed by atoms with Gasteiger partial charge in [0.1, 0.15) is 18.2 Å². The Bertz CT molecular complexity index is 363. The highest BCUT2D eigenvalue weighted by atomic mass is 19.3. The van der Waals surface area contributed by atoms with Crippen LogP contribution >= 0.6 is 0 Å². The van der Waals surface area contributed by atoms with Gasteiger partial charge in [0.15, 0.2) is 0 Å². The van der Waals surface area contributed by atoms with Crippen molar-refractivity contribution >= 4 is 5.69 Å². The van der Waals surface area contributed by atoms with Gasteiger partial charge in [-0.25, -0.2) is 4.39 Å². The van der Waals surface area contributed by atoms with Gasteiger partial charge in [-0.2, -0.15) is 8.78 Å². The molecule has 0 spiro atoms. The molecule has 0 saturated heterocycles. The lowest BCUT2D eigenvalue weighted by Crippen LogP contribution is -2.12. The highest BCUT2D eigenvalue weighted by Gasteiger charge is 2.01. The topological polar surface area (TPSA) is 53.7 Å². The smallest absolute Gasteiger partial charge is 0.345 e. The second-order valence-electron chi connectivity index (χ2n) is 3.28. The van der Waals surface area contributed by atoms with Crippen LogP contribution in [0.2, 0.25) is 0 Å². The number of nitrogens with two attached hydrogens (primary N) is 1. The monoisotopic (exact) mass is 265 g/mol. The molecule has 1 aromatic rings. The zero-order chi connectivity index (χ0) is 13.4. The van der Waals surface area contributed by atoms with E-state index < -0.39 is 12.4 Å². The van der Waals surface area contributed by atoms with Crippen LogP contribution in [0.1, 0.15) is 0 Å². The molecule has 7 heteroatoms. The highest BCUT2D eigenvalue weighted by Crippen LogP contribution is 2.18. The largest absolute Gasteiger partial charge is 0.491 e. The molecular formula is C11H14F3NO3. The van der Waals surface area contributed by atoms with E-state index in [4.69, 9.17) is 15.2 Å². The van der Waals surface area contributed by atoms with E-state index in [-0.39, 0.29) is 32.1 Å². The number of benzene rings is 1.